The Labute approximate surface area is 163 Å². The van der Waals surface area contributed by atoms with E-state index in [-0.39, 0.29) is 0 Å². The van der Waals surface area contributed by atoms with E-state index in [4.69, 9.17) is 16.9 Å². The second-order valence-electron chi connectivity index (χ2n) is 6.05. The van der Waals surface area contributed by atoms with Gasteiger partial charge in [-0.1, -0.05) is 29.8 Å². The molecule has 27 heavy (non-hydrogen) atoms. The monoisotopic (exact) mass is 381 g/mol. The van der Waals surface area contributed by atoms with Crippen molar-refractivity contribution in [3.63, 3.8) is 0 Å². The second-order valence-corrected chi connectivity index (χ2v) is 6.49. The SMILES string of the molecule is N#C/C=C(/NC(=O)Nc1ccc(Cl)cc1)N1CCN(c2ccccc2)CC1. The molecule has 138 valence electrons. The summed E-state index contributed by atoms with van der Waals surface area (Å²) in [5.41, 5.74) is 1.80. The first-order chi connectivity index (χ1) is 13.2. The van der Waals surface area contributed by atoms with Gasteiger partial charge in [0.05, 0.1) is 12.1 Å². The normalized spacial score (nSPS) is 14.4. The van der Waals surface area contributed by atoms with Gasteiger partial charge in [0, 0.05) is 42.6 Å². The van der Waals surface area contributed by atoms with Gasteiger partial charge in [-0.2, -0.15) is 5.26 Å². The van der Waals surface area contributed by atoms with Gasteiger partial charge in [0.15, 0.2) is 0 Å². The van der Waals surface area contributed by atoms with E-state index in [1.165, 1.54) is 11.8 Å². The first-order valence-electron chi connectivity index (χ1n) is 8.64. The minimum atomic E-state index is -0.399. The van der Waals surface area contributed by atoms with E-state index in [0.29, 0.717) is 29.6 Å². The molecular formula is C20H20ClN5O. The second kappa shape index (κ2) is 8.97. The van der Waals surface area contributed by atoms with Crippen LogP contribution in [-0.2, 0) is 0 Å². The molecule has 0 radical (unpaired) electrons. The van der Waals surface area contributed by atoms with Crippen molar-refractivity contribution in [1.82, 2.24) is 10.2 Å². The van der Waals surface area contributed by atoms with Crippen molar-refractivity contribution in [2.24, 2.45) is 0 Å². The largest absolute Gasteiger partial charge is 0.368 e. The van der Waals surface area contributed by atoms with Crippen LogP contribution in [0.5, 0.6) is 0 Å². The molecular weight excluding hydrogens is 362 g/mol. The van der Waals surface area contributed by atoms with Crippen molar-refractivity contribution in [1.29, 1.82) is 5.26 Å². The molecule has 0 saturated carbocycles. The molecule has 0 aromatic heterocycles. The quantitative estimate of drug-likeness (QED) is 0.793. The van der Waals surface area contributed by atoms with Gasteiger partial charge in [-0.3, -0.25) is 5.32 Å². The Morgan fingerprint density at radius 1 is 1.04 bits per heavy atom. The zero-order valence-electron chi connectivity index (χ0n) is 14.7. The average molecular weight is 382 g/mol. The summed E-state index contributed by atoms with van der Waals surface area (Å²) in [5.74, 6) is 0.497. The predicted molar refractivity (Wildman–Crippen MR) is 108 cm³/mol. The van der Waals surface area contributed by atoms with Gasteiger partial charge in [0.25, 0.3) is 0 Å². The first kappa shape index (κ1) is 18.6. The van der Waals surface area contributed by atoms with E-state index in [1.54, 1.807) is 24.3 Å². The summed E-state index contributed by atoms with van der Waals surface area (Å²) in [6, 6.07) is 18.6. The van der Waals surface area contributed by atoms with E-state index < -0.39 is 6.03 Å². The van der Waals surface area contributed by atoms with Crippen LogP contribution >= 0.6 is 11.6 Å². The third kappa shape index (κ3) is 5.16. The lowest BCUT2D eigenvalue weighted by atomic mass is 10.2. The molecule has 0 unspecified atom stereocenters. The molecule has 2 N–H and O–H groups in total. The summed E-state index contributed by atoms with van der Waals surface area (Å²) in [7, 11) is 0. The average Bonchev–Trinajstić information content (AvgIpc) is 2.70. The van der Waals surface area contributed by atoms with Gasteiger partial charge in [-0.15, -0.1) is 0 Å². The number of nitrogens with zero attached hydrogens (tertiary/aromatic N) is 3. The number of halogens is 1. The molecule has 1 saturated heterocycles. The van der Waals surface area contributed by atoms with Crippen molar-refractivity contribution >= 4 is 29.0 Å². The van der Waals surface area contributed by atoms with Crippen LogP contribution < -0.4 is 15.5 Å². The molecule has 1 aliphatic heterocycles. The summed E-state index contributed by atoms with van der Waals surface area (Å²) in [5, 5.41) is 15.2. The van der Waals surface area contributed by atoms with Crippen LogP contribution in [0.4, 0.5) is 16.2 Å². The van der Waals surface area contributed by atoms with Crippen LogP contribution in [0.15, 0.2) is 66.5 Å². The van der Waals surface area contributed by atoms with E-state index in [2.05, 4.69) is 27.7 Å². The van der Waals surface area contributed by atoms with Crippen molar-refractivity contribution in [2.75, 3.05) is 36.4 Å². The number of anilines is 2. The maximum atomic E-state index is 12.3. The van der Waals surface area contributed by atoms with Crippen molar-refractivity contribution in [3.05, 3.63) is 71.5 Å². The lowest BCUT2D eigenvalue weighted by Gasteiger charge is -2.38. The number of nitrogens with one attached hydrogen (secondary N) is 2. The number of rotatable bonds is 4. The third-order valence-electron chi connectivity index (χ3n) is 4.29. The standard InChI is InChI=1S/C20H20ClN5O/c21-16-6-8-17(9-7-16)23-20(27)24-19(10-11-22)26-14-12-25(13-15-26)18-4-2-1-3-5-18/h1-10H,12-15H2,(H2,23,24,27)/b19-10-. The summed E-state index contributed by atoms with van der Waals surface area (Å²) in [6.45, 7) is 3.05. The summed E-state index contributed by atoms with van der Waals surface area (Å²) >= 11 is 5.85. The smallest absolute Gasteiger partial charge is 0.324 e. The van der Waals surface area contributed by atoms with E-state index in [9.17, 15) is 4.79 Å². The fraction of sp³-hybridized carbons (Fsp3) is 0.200. The van der Waals surface area contributed by atoms with E-state index in [1.807, 2.05) is 29.2 Å². The summed E-state index contributed by atoms with van der Waals surface area (Å²) in [6.07, 6.45) is 1.36. The zero-order valence-corrected chi connectivity index (χ0v) is 15.5. The predicted octanol–water partition coefficient (Wildman–Crippen LogP) is 3.65. The minimum Gasteiger partial charge on any atom is -0.368 e. The third-order valence-corrected chi connectivity index (χ3v) is 4.54. The number of hydrogen-bond donors (Lipinski definition) is 2. The lowest BCUT2D eigenvalue weighted by Crippen LogP contribution is -2.49. The number of benzene rings is 2. The first-order valence-corrected chi connectivity index (χ1v) is 9.02. The fourth-order valence-corrected chi connectivity index (χ4v) is 3.05. The van der Waals surface area contributed by atoms with Crippen LogP contribution in [0.25, 0.3) is 0 Å². The fourth-order valence-electron chi connectivity index (χ4n) is 2.92. The highest BCUT2D eigenvalue weighted by atomic mass is 35.5. The number of amides is 2. The molecule has 0 aliphatic carbocycles. The van der Waals surface area contributed by atoms with Gasteiger partial charge >= 0.3 is 6.03 Å². The molecule has 0 bridgehead atoms. The Hall–Kier alpha value is -3.17. The molecule has 0 atom stereocenters. The number of hydrogen-bond acceptors (Lipinski definition) is 4. The van der Waals surface area contributed by atoms with Gasteiger partial charge in [0.2, 0.25) is 0 Å². The van der Waals surface area contributed by atoms with Gasteiger partial charge in [0.1, 0.15) is 5.82 Å². The van der Waals surface area contributed by atoms with Crippen LogP contribution in [0.1, 0.15) is 0 Å². The Bertz CT molecular complexity index is 837. The van der Waals surface area contributed by atoms with E-state index in [0.717, 1.165) is 13.1 Å². The van der Waals surface area contributed by atoms with Crippen molar-refractivity contribution < 1.29 is 4.79 Å². The highest BCUT2D eigenvalue weighted by molar-refractivity contribution is 6.30. The molecule has 1 heterocycles. The zero-order chi connectivity index (χ0) is 19.1. The van der Waals surface area contributed by atoms with Crippen molar-refractivity contribution in [2.45, 2.75) is 0 Å². The Balaban J connectivity index is 1.58. The van der Waals surface area contributed by atoms with Crippen LogP contribution in [0.3, 0.4) is 0 Å². The number of nitriles is 1. The number of para-hydroxylation sites is 1. The number of piperazine rings is 1. The number of urea groups is 1. The molecule has 2 aromatic rings. The molecule has 7 heteroatoms. The number of carbonyl (C=O) groups excluding carboxylic acids is 1. The Kier molecular flexibility index (Phi) is 6.18. The molecule has 6 nitrogen and oxygen atoms in total. The Morgan fingerprint density at radius 2 is 1.70 bits per heavy atom. The highest BCUT2D eigenvalue weighted by Gasteiger charge is 2.20. The van der Waals surface area contributed by atoms with E-state index >= 15 is 0 Å². The minimum absolute atomic E-state index is 0.399. The molecule has 3 rings (SSSR count). The van der Waals surface area contributed by atoms with Gasteiger partial charge in [-0.05, 0) is 36.4 Å². The summed E-state index contributed by atoms with van der Waals surface area (Å²) in [4.78, 5) is 16.6. The van der Waals surface area contributed by atoms with Crippen molar-refractivity contribution in [3.8, 4) is 6.07 Å². The van der Waals surface area contributed by atoms with Crippen LogP contribution in [-0.4, -0.2) is 37.1 Å². The maximum Gasteiger partial charge on any atom is 0.324 e. The molecule has 1 aliphatic rings. The molecule has 2 aromatic carbocycles. The number of carbonyl (C=O) groups is 1. The topological polar surface area (TPSA) is 71.4 Å². The maximum absolute atomic E-state index is 12.3. The number of allylic oxidation sites excluding steroid dienone is 1. The van der Waals surface area contributed by atoms with Crippen LogP contribution in [0.2, 0.25) is 5.02 Å². The van der Waals surface area contributed by atoms with Crippen LogP contribution in [0, 0.1) is 11.3 Å². The summed E-state index contributed by atoms with van der Waals surface area (Å²) < 4.78 is 0. The molecule has 2 amide bonds. The molecule has 0 spiro atoms. The molecule has 1 fully saturated rings. The Morgan fingerprint density at radius 3 is 2.33 bits per heavy atom. The highest BCUT2D eigenvalue weighted by Crippen LogP contribution is 2.17. The lowest BCUT2D eigenvalue weighted by molar-refractivity contribution is 0.245. The van der Waals surface area contributed by atoms with Gasteiger partial charge < -0.3 is 15.1 Å². The van der Waals surface area contributed by atoms with Gasteiger partial charge in [-0.25, -0.2) is 4.79 Å².